The molecular weight excluding hydrogens is 186 g/mol. The van der Waals surface area contributed by atoms with Gasteiger partial charge in [-0.05, 0) is 43.7 Å². The lowest BCUT2D eigenvalue weighted by Crippen LogP contribution is -2.30. The second-order valence-corrected chi connectivity index (χ2v) is 4.80. The van der Waals surface area contributed by atoms with Gasteiger partial charge in [-0.25, -0.2) is 0 Å². The molecule has 0 fully saturated rings. The van der Waals surface area contributed by atoms with Gasteiger partial charge in [0, 0.05) is 17.8 Å². The summed E-state index contributed by atoms with van der Waals surface area (Å²) in [6, 6.07) is 2.09. The molecule has 0 N–H and O–H groups in total. The Bertz CT molecular complexity index is 429. The number of nitrogens with zero attached hydrogens (tertiary/aromatic N) is 1. The highest BCUT2D eigenvalue weighted by Crippen LogP contribution is 2.23. The normalized spacial score (nSPS) is 15.5. The Morgan fingerprint density at radius 1 is 1.33 bits per heavy atom. The lowest BCUT2D eigenvalue weighted by Gasteiger charge is -2.23. The minimum absolute atomic E-state index is 0.217. The first-order valence-corrected chi connectivity index (χ1v) is 5.84. The summed E-state index contributed by atoms with van der Waals surface area (Å²) < 4.78 is 1.99. The van der Waals surface area contributed by atoms with Crippen molar-refractivity contribution < 1.29 is 0 Å². The first kappa shape index (κ1) is 10.5. The van der Waals surface area contributed by atoms with E-state index in [-0.39, 0.29) is 5.56 Å². The van der Waals surface area contributed by atoms with Crippen LogP contribution < -0.4 is 5.56 Å². The molecule has 0 radical (unpaired) electrons. The molecule has 2 nitrogen and oxygen atoms in total. The van der Waals surface area contributed by atoms with E-state index in [1.807, 2.05) is 11.5 Å². The predicted molar refractivity (Wildman–Crippen MR) is 62.5 cm³/mol. The Labute approximate surface area is 90.9 Å². The number of pyridine rings is 1. The molecule has 0 amide bonds. The molecule has 1 aromatic rings. The van der Waals surface area contributed by atoms with Crippen molar-refractivity contribution >= 4 is 0 Å². The summed E-state index contributed by atoms with van der Waals surface area (Å²) in [6.07, 6.45) is 3.44. The average Bonchev–Trinajstić information content (AvgIpc) is 2.23. The second-order valence-electron chi connectivity index (χ2n) is 4.80. The molecular formula is C13H19NO. The van der Waals surface area contributed by atoms with Crippen molar-refractivity contribution in [3.63, 3.8) is 0 Å². The van der Waals surface area contributed by atoms with Gasteiger partial charge < -0.3 is 4.57 Å². The number of rotatable bonds is 1. The molecule has 0 unspecified atom stereocenters. The van der Waals surface area contributed by atoms with Crippen LogP contribution in [0.4, 0.5) is 0 Å². The summed E-state index contributed by atoms with van der Waals surface area (Å²) >= 11 is 0. The summed E-state index contributed by atoms with van der Waals surface area (Å²) in [4.78, 5) is 12.0. The highest BCUT2D eigenvalue weighted by Gasteiger charge is 2.17. The van der Waals surface area contributed by atoms with E-state index in [4.69, 9.17) is 0 Å². The van der Waals surface area contributed by atoms with Crippen LogP contribution in [-0.4, -0.2) is 4.57 Å². The minimum Gasteiger partial charge on any atom is -0.312 e. The topological polar surface area (TPSA) is 22.0 Å². The average molecular weight is 205 g/mol. The molecule has 0 bridgehead atoms. The van der Waals surface area contributed by atoms with E-state index in [1.165, 1.54) is 17.7 Å². The first-order valence-electron chi connectivity index (χ1n) is 5.84. The highest BCUT2D eigenvalue weighted by atomic mass is 16.1. The van der Waals surface area contributed by atoms with E-state index in [9.17, 15) is 4.79 Å². The third kappa shape index (κ3) is 1.73. The molecule has 2 rings (SSSR count). The Morgan fingerprint density at radius 3 is 2.73 bits per heavy atom. The lowest BCUT2D eigenvalue weighted by atomic mass is 9.94. The van der Waals surface area contributed by atoms with Crippen molar-refractivity contribution in [1.29, 1.82) is 0 Å². The van der Waals surface area contributed by atoms with Crippen LogP contribution in [0.2, 0.25) is 0 Å². The summed E-state index contributed by atoms with van der Waals surface area (Å²) in [5, 5.41) is 0. The molecule has 0 aromatic carbocycles. The summed E-state index contributed by atoms with van der Waals surface area (Å²) in [5.41, 5.74) is 3.76. The molecule has 0 saturated carbocycles. The smallest absolute Gasteiger partial charge is 0.253 e. The van der Waals surface area contributed by atoms with Crippen LogP contribution in [0.25, 0.3) is 0 Å². The number of aryl methyl sites for hydroxylation is 1. The molecule has 0 atom stereocenters. The third-order valence-electron chi connectivity index (χ3n) is 3.28. The highest BCUT2D eigenvalue weighted by molar-refractivity contribution is 5.29. The Morgan fingerprint density at radius 2 is 2.07 bits per heavy atom. The number of hydrogen-bond donors (Lipinski definition) is 0. The van der Waals surface area contributed by atoms with Gasteiger partial charge in [0.1, 0.15) is 0 Å². The maximum Gasteiger partial charge on any atom is 0.253 e. The Kier molecular flexibility index (Phi) is 2.68. The maximum atomic E-state index is 12.0. The SMILES string of the molecule is Cc1cc(C(C)C)c2n(c1=O)CCCC2. The maximum absolute atomic E-state index is 12.0. The number of fused-ring (bicyclic) bond motifs is 1. The summed E-state index contributed by atoms with van der Waals surface area (Å²) in [6.45, 7) is 7.25. The van der Waals surface area contributed by atoms with Crippen molar-refractivity contribution in [3.8, 4) is 0 Å². The van der Waals surface area contributed by atoms with Crippen molar-refractivity contribution in [2.24, 2.45) is 0 Å². The van der Waals surface area contributed by atoms with E-state index in [0.717, 1.165) is 24.9 Å². The van der Waals surface area contributed by atoms with Crippen molar-refractivity contribution in [2.45, 2.75) is 52.5 Å². The fraction of sp³-hybridized carbons (Fsp3) is 0.615. The Hall–Kier alpha value is -1.05. The van der Waals surface area contributed by atoms with Crippen LogP contribution >= 0.6 is 0 Å². The van der Waals surface area contributed by atoms with Gasteiger partial charge in [0.2, 0.25) is 0 Å². The minimum atomic E-state index is 0.217. The van der Waals surface area contributed by atoms with Gasteiger partial charge in [-0.1, -0.05) is 13.8 Å². The fourth-order valence-corrected chi connectivity index (χ4v) is 2.45. The van der Waals surface area contributed by atoms with Gasteiger partial charge in [-0.3, -0.25) is 4.79 Å². The largest absolute Gasteiger partial charge is 0.312 e. The molecule has 1 aliphatic heterocycles. The van der Waals surface area contributed by atoms with E-state index in [1.54, 1.807) is 0 Å². The van der Waals surface area contributed by atoms with Crippen molar-refractivity contribution in [3.05, 3.63) is 33.2 Å². The monoisotopic (exact) mass is 205 g/mol. The van der Waals surface area contributed by atoms with Gasteiger partial charge in [0.15, 0.2) is 0 Å². The molecule has 1 aromatic heterocycles. The van der Waals surface area contributed by atoms with E-state index in [0.29, 0.717) is 5.92 Å². The fourth-order valence-electron chi connectivity index (χ4n) is 2.45. The zero-order chi connectivity index (χ0) is 11.0. The summed E-state index contributed by atoms with van der Waals surface area (Å²) in [7, 11) is 0. The van der Waals surface area contributed by atoms with Crippen LogP contribution in [0, 0.1) is 6.92 Å². The van der Waals surface area contributed by atoms with Gasteiger partial charge in [-0.2, -0.15) is 0 Å². The standard InChI is InChI=1S/C13H19NO/c1-9(2)11-8-10(3)13(15)14-7-5-4-6-12(11)14/h8-9H,4-7H2,1-3H3. The quantitative estimate of drug-likeness (QED) is 0.690. The van der Waals surface area contributed by atoms with E-state index in [2.05, 4.69) is 19.9 Å². The van der Waals surface area contributed by atoms with Crippen LogP contribution in [0.1, 0.15) is 49.4 Å². The zero-order valence-corrected chi connectivity index (χ0v) is 9.84. The number of hydrogen-bond acceptors (Lipinski definition) is 1. The van der Waals surface area contributed by atoms with Crippen LogP contribution in [0.5, 0.6) is 0 Å². The molecule has 1 aliphatic rings. The molecule has 2 heteroatoms. The molecule has 82 valence electrons. The van der Waals surface area contributed by atoms with E-state index >= 15 is 0 Å². The van der Waals surface area contributed by atoms with Gasteiger partial charge in [0.05, 0.1) is 0 Å². The lowest BCUT2D eigenvalue weighted by molar-refractivity contribution is 0.502. The molecule has 15 heavy (non-hydrogen) atoms. The summed E-state index contributed by atoms with van der Waals surface area (Å²) in [5.74, 6) is 0.517. The van der Waals surface area contributed by atoms with Crippen molar-refractivity contribution in [1.82, 2.24) is 4.57 Å². The van der Waals surface area contributed by atoms with Crippen LogP contribution in [0.15, 0.2) is 10.9 Å². The first-order chi connectivity index (χ1) is 7.11. The van der Waals surface area contributed by atoms with E-state index < -0.39 is 0 Å². The second kappa shape index (κ2) is 3.84. The van der Waals surface area contributed by atoms with Gasteiger partial charge in [0.25, 0.3) is 5.56 Å². The molecule has 0 spiro atoms. The Balaban J connectivity index is 2.67. The van der Waals surface area contributed by atoms with Crippen LogP contribution in [-0.2, 0) is 13.0 Å². The molecule has 2 heterocycles. The van der Waals surface area contributed by atoms with Gasteiger partial charge >= 0.3 is 0 Å². The van der Waals surface area contributed by atoms with Gasteiger partial charge in [-0.15, -0.1) is 0 Å². The molecule has 0 aliphatic carbocycles. The predicted octanol–water partition coefficient (Wildman–Crippen LogP) is 2.62. The van der Waals surface area contributed by atoms with Crippen molar-refractivity contribution in [2.75, 3.05) is 0 Å². The third-order valence-corrected chi connectivity index (χ3v) is 3.28. The number of aromatic nitrogens is 1. The zero-order valence-electron chi connectivity index (χ0n) is 9.84. The molecule has 0 saturated heterocycles. The van der Waals surface area contributed by atoms with Crippen LogP contribution in [0.3, 0.4) is 0 Å².